The van der Waals surface area contributed by atoms with E-state index < -0.39 is 0 Å². The molecule has 0 aliphatic carbocycles. The average molecular weight is 154 g/mol. The van der Waals surface area contributed by atoms with Gasteiger partial charge in [-0.25, -0.2) is 0 Å². The number of rotatable bonds is 2. The molecule has 0 atom stereocenters. The molecule has 0 unspecified atom stereocenters. The van der Waals surface area contributed by atoms with Crippen LogP contribution in [0.25, 0.3) is 0 Å². The number of hydrogen-bond acceptors (Lipinski definition) is 2. The van der Waals surface area contributed by atoms with Crippen LogP contribution in [-0.2, 0) is 4.79 Å². The van der Waals surface area contributed by atoms with Crippen LogP contribution in [-0.4, -0.2) is 30.3 Å². The molecule has 1 fully saturated rings. The summed E-state index contributed by atoms with van der Waals surface area (Å²) in [7, 11) is 0. The summed E-state index contributed by atoms with van der Waals surface area (Å²) >= 11 is 0. The summed E-state index contributed by atoms with van der Waals surface area (Å²) in [4.78, 5) is 13.2. The van der Waals surface area contributed by atoms with Crippen LogP contribution in [0.4, 0.5) is 0 Å². The third-order valence-electron chi connectivity index (χ3n) is 1.95. The molecule has 1 aliphatic rings. The van der Waals surface area contributed by atoms with Gasteiger partial charge >= 0.3 is 0 Å². The van der Waals surface area contributed by atoms with Crippen molar-refractivity contribution >= 4 is 5.78 Å². The van der Waals surface area contributed by atoms with Crippen LogP contribution in [0.2, 0.25) is 0 Å². The van der Waals surface area contributed by atoms with E-state index in [0.717, 1.165) is 32.5 Å². The molecule has 1 aliphatic heterocycles. The van der Waals surface area contributed by atoms with Gasteiger partial charge in [0.15, 0.2) is 0 Å². The minimum absolute atomic E-state index is 0.426. The molecule has 1 rings (SSSR count). The minimum Gasteiger partial charge on any atom is -0.302 e. The molecule has 0 aromatic heterocycles. The van der Waals surface area contributed by atoms with Crippen molar-refractivity contribution in [3.8, 4) is 0 Å². The molecule has 1 saturated heterocycles. The van der Waals surface area contributed by atoms with Crippen LogP contribution in [0.15, 0.2) is 0 Å². The van der Waals surface area contributed by atoms with Gasteiger partial charge in [0.1, 0.15) is 5.78 Å². The molecule has 63 valence electrons. The van der Waals surface area contributed by atoms with Gasteiger partial charge in [0.25, 0.3) is 0 Å². The summed E-state index contributed by atoms with van der Waals surface area (Å²) in [5.41, 5.74) is 0. The molecule has 0 N–H and O–H groups in total. The number of carbonyl (C=O) groups excluding carboxylic acids is 1. The number of hydrogen-bond donors (Lipinski definition) is 0. The first-order valence-electron chi connectivity index (χ1n) is 4.21. The number of Topliss-reactive ketones (excluding diaryl/α,β-unsaturated/α-hetero) is 1. The second kappa shape index (κ2) is 3.86. The normalized spacial score (nSPS) is 21.2. The lowest BCUT2D eigenvalue weighted by molar-refractivity contribution is -0.121. The zero-order chi connectivity index (χ0) is 8.27. The number of nitrogens with zero attached hydrogens (tertiary/aromatic N) is 1. The van der Waals surface area contributed by atoms with Crippen LogP contribution < -0.4 is 0 Å². The van der Waals surface area contributed by atoms with Crippen molar-refractivity contribution in [1.82, 2.24) is 4.90 Å². The van der Waals surface area contributed by atoms with E-state index in [4.69, 9.17) is 0 Å². The van der Waals surface area contributed by atoms with Gasteiger partial charge in [0.05, 0.1) is 0 Å². The maximum Gasteiger partial charge on any atom is 0.135 e. The molecule has 11 heavy (non-hydrogen) atoms. The molecule has 2 heteroatoms. The lowest BCUT2D eigenvalue weighted by Gasteiger charge is -2.26. The zero-order valence-corrected chi connectivity index (χ0v) is 7.39. The number of likely N-dealkylation sites (tertiary alicyclic amines) is 1. The lowest BCUT2D eigenvalue weighted by atomic mass is 10.1. The summed E-state index contributed by atoms with van der Waals surface area (Å²) in [5, 5.41) is 0. The summed E-state index contributed by atoms with van der Waals surface area (Å²) in [6.07, 6.45) is 1.51. The van der Waals surface area contributed by atoms with E-state index in [1.807, 2.05) is 0 Å². The third-order valence-corrected chi connectivity index (χ3v) is 1.95. The van der Waals surface area contributed by atoms with Gasteiger partial charge in [0.2, 0.25) is 0 Å². The highest BCUT2D eigenvalue weighted by molar-refractivity contribution is 5.79. The molecule has 1 radical (unpaired) electrons. The molecular weight excluding hydrogens is 138 g/mol. The molecule has 0 aromatic carbocycles. The highest BCUT2D eigenvalue weighted by Gasteiger charge is 2.16. The van der Waals surface area contributed by atoms with E-state index in [2.05, 4.69) is 18.7 Å². The van der Waals surface area contributed by atoms with Gasteiger partial charge in [-0.1, -0.05) is 13.8 Å². The SMILES string of the molecule is C[C](C)CN1CCC(=O)CC1. The largest absolute Gasteiger partial charge is 0.302 e. The van der Waals surface area contributed by atoms with E-state index in [9.17, 15) is 4.79 Å². The predicted molar refractivity (Wildman–Crippen MR) is 45.3 cm³/mol. The Kier molecular flexibility index (Phi) is 3.06. The Morgan fingerprint density at radius 2 is 1.91 bits per heavy atom. The Balaban J connectivity index is 2.22. The highest BCUT2D eigenvalue weighted by Crippen LogP contribution is 2.08. The van der Waals surface area contributed by atoms with Crippen LogP contribution in [0.3, 0.4) is 0 Å². The van der Waals surface area contributed by atoms with Crippen molar-refractivity contribution in [2.24, 2.45) is 0 Å². The van der Waals surface area contributed by atoms with Crippen LogP contribution in [0.5, 0.6) is 0 Å². The first-order valence-corrected chi connectivity index (χ1v) is 4.21. The predicted octanol–water partition coefficient (Wildman–Crippen LogP) is 1.27. The van der Waals surface area contributed by atoms with Crippen molar-refractivity contribution in [1.29, 1.82) is 0 Å². The van der Waals surface area contributed by atoms with Gasteiger partial charge in [-0.2, -0.15) is 0 Å². The second-order valence-corrected chi connectivity index (χ2v) is 3.52. The summed E-state index contributed by atoms with van der Waals surface area (Å²) in [6.45, 7) is 7.26. The maximum atomic E-state index is 10.9. The van der Waals surface area contributed by atoms with Crippen molar-refractivity contribution in [3.63, 3.8) is 0 Å². The first kappa shape index (κ1) is 8.72. The highest BCUT2D eigenvalue weighted by atomic mass is 16.1. The quantitative estimate of drug-likeness (QED) is 0.597. The van der Waals surface area contributed by atoms with Crippen molar-refractivity contribution in [2.45, 2.75) is 26.7 Å². The fourth-order valence-electron chi connectivity index (χ4n) is 1.41. The summed E-state index contributed by atoms with van der Waals surface area (Å²) < 4.78 is 0. The topological polar surface area (TPSA) is 20.3 Å². The van der Waals surface area contributed by atoms with Gasteiger partial charge < -0.3 is 4.90 Å². The van der Waals surface area contributed by atoms with Crippen molar-refractivity contribution < 1.29 is 4.79 Å². The number of ketones is 1. The maximum absolute atomic E-state index is 10.9. The first-order chi connectivity index (χ1) is 5.18. The minimum atomic E-state index is 0.426. The number of carbonyl (C=O) groups is 1. The van der Waals surface area contributed by atoms with E-state index in [1.165, 1.54) is 5.92 Å². The van der Waals surface area contributed by atoms with Gasteiger partial charge in [0, 0.05) is 32.5 Å². The summed E-state index contributed by atoms with van der Waals surface area (Å²) in [5.74, 6) is 1.86. The molecule has 0 saturated carbocycles. The van der Waals surface area contributed by atoms with Gasteiger partial charge in [-0.3, -0.25) is 4.79 Å². The van der Waals surface area contributed by atoms with Crippen molar-refractivity contribution in [2.75, 3.05) is 19.6 Å². The zero-order valence-electron chi connectivity index (χ0n) is 7.39. The fourth-order valence-corrected chi connectivity index (χ4v) is 1.41. The van der Waals surface area contributed by atoms with E-state index in [1.54, 1.807) is 0 Å². The Bertz CT molecular complexity index is 132. The lowest BCUT2D eigenvalue weighted by Crippen LogP contribution is -2.35. The van der Waals surface area contributed by atoms with Crippen LogP contribution >= 0.6 is 0 Å². The Morgan fingerprint density at radius 1 is 1.36 bits per heavy atom. The van der Waals surface area contributed by atoms with Crippen LogP contribution in [0.1, 0.15) is 26.7 Å². The molecule has 2 nitrogen and oxygen atoms in total. The number of piperidine rings is 1. The molecule has 0 bridgehead atoms. The van der Waals surface area contributed by atoms with Gasteiger partial charge in [-0.15, -0.1) is 0 Å². The molecule has 0 spiro atoms. The van der Waals surface area contributed by atoms with Crippen LogP contribution in [0, 0.1) is 5.92 Å². The van der Waals surface area contributed by atoms with Crippen molar-refractivity contribution in [3.05, 3.63) is 5.92 Å². The Labute approximate surface area is 68.6 Å². The fraction of sp³-hybridized carbons (Fsp3) is 0.778. The summed E-state index contributed by atoms with van der Waals surface area (Å²) in [6, 6.07) is 0. The molecule has 0 aromatic rings. The Hall–Kier alpha value is -0.370. The van der Waals surface area contributed by atoms with Gasteiger partial charge in [-0.05, 0) is 5.92 Å². The van der Waals surface area contributed by atoms with E-state index >= 15 is 0 Å². The molecule has 0 amide bonds. The second-order valence-electron chi connectivity index (χ2n) is 3.52. The Morgan fingerprint density at radius 3 is 2.36 bits per heavy atom. The standard InChI is InChI=1S/C9H16NO/c1-8(2)7-10-5-3-9(11)4-6-10/h3-7H2,1-2H3. The molecule has 1 heterocycles. The van der Waals surface area contributed by atoms with E-state index in [-0.39, 0.29) is 0 Å². The third kappa shape index (κ3) is 3.02. The monoisotopic (exact) mass is 154 g/mol. The van der Waals surface area contributed by atoms with E-state index in [0.29, 0.717) is 5.78 Å². The smallest absolute Gasteiger partial charge is 0.135 e. The molecular formula is C9H16NO. The average Bonchev–Trinajstić information content (AvgIpc) is 1.93.